The highest BCUT2D eigenvalue weighted by Gasteiger charge is 2.14. The van der Waals surface area contributed by atoms with Crippen LogP contribution in [-0.2, 0) is 12.8 Å². The Labute approximate surface area is 124 Å². The zero-order chi connectivity index (χ0) is 13.8. The number of rotatable bonds is 5. The van der Waals surface area contributed by atoms with E-state index >= 15 is 0 Å². The molecule has 19 heavy (non-hydrogen) atoms. The molecule has 1 atom stereocenters. The highest BCUT2D eigenvalue weighted by atomic mass is 35.5. The maximum atomic E-state index is 6.33. The molecule has 1 heterocycles. The van der Waals surface area contributed by atoms with Gasteiger partial charge in [0.15, 0.2) is 0 Å². The number of hydrogen-bond donors (Lipinski definition) is 1. The molecule has 3 heteroatoms. The van der Waals surface area contributed by atoms with Crippen LogP contribution in [0.5, 0.6) is 0 Å². The number of halogens is 1. The van der Waals surface area contributed by atoms with Crippen LogP contribution >= 0.6 is 22.9 Å². The van der Waals surface area contributed by atoms with Crippen molar-refractivity contribution in [3.05, 3.63) is 56.2 Å². The van der Waals surface area contributed by atoms with Gasteiger partial charge in [0.1, 0.15) is 0 Å². The molecule has 0 fully saturated rings. The van der Waals surface area contributed by atoms with Gasteiger partial charge >= 0.3 is 0 Å². The highest BCUT2D eigenvalue weighted by molar-refractivity contribution is 7.12. The molecule has 1 nitrogen and oxygen atoms in total. The van der Waals surface area contributed by atoms with Crippen LogP contribution in [-0.4, -0.2) is 7.05 Å². The summed E-state index contributed by atoms with van der Waals surface area (Å²) < 4.78 is 0. The van der Waals surface area contributed by atoms with Gasteiger partial charge in [0.25, 0.3) is 0 Å². The molecule has 1 unspecified atom stereocenters. The quantitative estimate of drug-likeness (QED) is 0.837. The minimum Gasteiger partial charge on any atom is -0.312 e. The molecule has 1 aromatic carbocycles. The lowest BCUT2D eigenvalue weighted by Gasteiger charge is -2.16. The van der Waals surface area contributed by atoms with Crippen LogP contribution in [0.1, 0.15) is 33.8 Å². The van der Waals surface area contributed by atoms with E-state index in [9.17, 15) is 0 Å². The van der Waals surface area contributed by atoms with Crippen LogP contribution in [0, 0.1) is 6.92 Å². The monoisotopic (exact) mass is 293 g/mol. The molecule has 0 radical (unpaired) electrons. The first kappa shape index (κ1) is 14.6. The summed E-state index contributed by atoms with van der Waals surface area (Å²) in [5.74, 6) is 0. The van der Waals surface area contributed by atoms with Gasteiger partial charge in [-0.25, -0.2) is 0 Å². The van der Waals surface area contributed by atoms with Gasteiger partial charge < -0.3 is 5.32 Å². The van der Waals surface area contributed by atoms with Crippen LogP contribution in [0.15, 0.2) is 30.3 Å². The SMILES string of the molecule is CCc1ccc(C(Cc2ccc(C)cc2Cl)NC)s1. The number of aryl methyl sites for hydroxylation is 2. The fraction of sp³-hybridized carbons (Fsp3) is 0.375. The third-order valence-electron chi connectivity index (χ3n) is 3.36. The third-order valence-corrected chi connectivity index (χ3v) is 5.05. The fourth-order valence-electron chi connectivity index (χ4n) is 2.15. The van der Waals surface area contributed by atoms with Gasteiger partial charge in [0.05, 0.1) is 0 Å². The summed E-state index contributed by atoms with van der Waals surface area (Å²) in [7, 11) is 2.01. The Hall–Kier alpha value is -0.830. The minimum absolute atomic E-state index is 0.338. The average molecular weight is 294 g/mol. The largest absolute Gasteiger partial charge is 0.312 e. The van der Waals surface area contributed by atoms with Gasteiger partial charge in [-0.15, -0.1) is 11.3 Å². The molecule has 0 saturated carbocycles. The van der Waals surface area contributed by atoms with Crippen molar-refractivity contribution in [2.75, 3.05) is 7.05 Å². The van der Waals surface area contributed by atoms with E-state index < -0.39 is 0 Å². The second-order valence-electron chi connectivity index (χ2n) is 4.80. The minimum atomic E-state index is 0.338. The zero-order valence-corrected chi connectivity index (χ0v) is 13.2. The second-order valence-corrected chi connectivity index (χ2v) is 6.40. The first-order valence-electron chi connectivity index (χ1n) is 6.65. The van der Waals surface area contributed by atoms with Crippen molar-refractivity contribution in [2.45, 2.75) is 32.7 Å². The van der Waals surface area contributed by atoms with Crippen LogP contribution in [0.3, 0.4) is 0 Å². The number of hydrogen-bond acceptors (Lipinski definition) is 2. The summed E-state index contributed by atoms with van der Waals surface area (Å²) in [4.78, 5) is 2.82. The van der Waals surface area contributed by atoms with Crippen LogP contribution in [0.25, 0.3) is 0 Å². The molecule has 102 valence electrons. The molecule has 0 spiro atoms. The summed E-state index contributed by atoms with van der Waals surface area (Å²) in [5, 5.41) is 4.27. The summed E-state index contributed by atoms with van der Waals surface area (Å²) in [6, 6.07) is 11.1. The first-order valence-corrected chi connectivity index (χ1v) is 7.84. The average Bonchev–Trinajstić information content (AvgIpc) is 2.86. The second kappa shape index (κ2) is 6.56. The van der Waals surface area contributed by atoms with Gasteiger partial charge in [-0.3, -0.25) is 0 Å². The van der Waals surface area contributed by atoms with Crippen molar-refractivity contribution >= 4 is 22.9 Å². The molecule has 0 amide bonds. The number of benzene rings is 1. The van der Waals surface area contributed by atoms with E-state index in [0.717, 1.165) is 17.9 Å². The smallest absolute Gasteiger partial charge is 0.0453 e. The Morgan fingerprint density at radius 1 is 1.26 bits per heavy atom. The molecule has 2 rings (SSSR count). The van der Waals surface area contributed by atoms with E-state index in [1.165, 1.54) is 20.9 Å². The molecular weight excluding hydrogens is 274 g/mol. The lowest BCUT2D eigenvalue weighted by molar-refractivity contribution is 0.602. The number of thiophene rings is 1. The van der Waals surface area contributed by atoms with Crippen molar-refractivity contribution in [3.8, 4) is 0 Å². The molecule has 1 aromatic heterocycles. The van der Waals surface area contributed by atoms with Crippen LogP contribution < -0.4 is 5.32 Å². The lowest BCUT2D eigenvalue weighted by Crippen LogP contribution is -2.17. The maximum Gasteiger partial charge on any atom is 0.0453 e. The molecule has 0 aliphatic heterocycles. The van der Waals surface area contributed by atoms with Crippen LogP contribution in [0.2, 0.25) is 5.02 Å². The van der Waals surface area contributed by atoms with Gasteiger partial charge in [-0.1, -0.05) is 30.7 Å². The third kappa shape index (κ3) is 3.59. The first-order chi connectivity index (χ1) is 9.13. The molecule has 0 aliphatic rings. The van der Waals surface area contributed by atoms with Gasteiger partial charge in [0.2, 0.25) is 0 Å². The Kier molecular flexibility index (Phi) is 5.03. The molecular formula is C16H20ClNS. The lowest BCUT2D eigenvalue weighted by atomic mass is 10.0. The molecule has 1 N–H and O–H groups in total. The van der Waals surface area contributed by atoms with Crippen molar-refractivity contribution in [3.63, 3.8) is 0 Å². The summed E-state index contributed by atoms with van der Waals surface area (Å²) in [6.07, 6.45) is 2.03. The van der Waals surface area contributed by atoms with E-state index in [1.54, 1.807) is 0 Å². The topological polar surface area (TPSA) is 12.0 Å². The van der Waals surface area contributed by atoms with E-state index in [0.29, 0.717) is 6.04 Å². The van der Waals surface area contributed by atoms with Gasteiger partial charge in [-0.2, -0.15) is 0 Å². The van der Waals surface area contributed by atoms with Gasteiger partial charge in [0, 0.05) is 20.8 Å². The molecule has 0 aliphatic carbocycles. The Morgan fingerprint density at radius 2 is 2.05 bits per heavy atom. The van der Waals surface area contributed by atoms with E-state index in [4.69, 9.17) is 11.6 Å². The van der Waals surface area contributed by atoms with E-state index in [2.05, 4.69) is 43.4 Å². The molecule has 2 aromatic rings. The highest BCUT2D eigenvalue weighted by Crippen LogP contribution is 2.28. The molecule has 0 saturated heterocycles. The standard InChI is InChI=1S/C16H20ClNS/c1-4-13-7-8-16(19-13)15(18-3)10-12-6-5-11(2)9-14(12)17/h5-9,15,18H,4,10H2,1-3H3. The summed E-state index contributed by atoms with van der Waals surface area (Å²) in [5.41, 5.74) is 2.41. The van der Waals surface area contributed by atoms with Crippen molar-refractivity contribution in [2.24, 2.45) is 0 Å². The van der Waals surface area contributed by atoms with Crippen molar-refractivity contribution in [1.29, 1.82) is 0 Å². The number of nitrogens with one attached hydrogen (secondary N) is 1. The van der Waals surface area contributed by atoms with Crippen molar-refractivity contribution in [1.82, 2.24) is 5.32 Å². The van der Waals surface area contributed by atoms with E-state index in [1.807, 2.05) is 24.5 Å². The summed E-state index contributed by atoms with van der Waals surface area (Å²) >= 11 is 8.21. The van der Waals surface area contributed by atoms with E-state index in [-0.39, 0.29) is 0 Å². The maximum absolute atomic E-state index is 6.33. The van der Waals surface area contributed by atoms with Crippen molar-refractivity contribution < 1.29 is 0 Å². The zero-order valence-electron chi connectivity index (χ0n) is 11.7. The van der Waals surface area contributed by atoms with Gasteiger partial charge in [-0.05, 0) is 56.1 Å². The Balaban J connectivity index is 2.18. The number of likely N-dealkylation sites (N-methyl/N-ethyl adjacent to an activating group) is 1. The van der Waals surface area contributed by atoms with Crippen LogP contribution in [0.4, 0.5) is 0 Å². The Morgan fingerprint density at radius 3 is 2.63 bits per heavy atom. The predicted molar refractivity (Wildman–Crippen MR) is 85.4 cm³/mol. The predicted octanol–water partition coefficient (Wildman–Crippen LogP) is 4.78. The summed E-state index contributed by atoms with van der Waals surface area (Å²) in [6.45, 7) is 4.26. The normalized spacial score (nSPS) is 12.6. The Bertz CT molecular complexity index is 547. The fourth-order valence-corrected chi connectivity index (χ4v) is 3.53. The molecule has 0 bridgehead atoms.